The lowest BCUT2D eigenvalue weighted by molar-refractivity contribution is -0.146. The van der Waals surface area contributed by atoms with Gasteiger partial charge >= 0.3 is 12.0 Å². The average Bonchev–Trinajstić information content (AvgIpc) is 2.84. The highest BCUT2D eigenvalue weighted by molar-refractivity contribution is 5.93. The number of carboxylic acid groups (broad SMARTS) is 1. The van der Waals surface area contributed by atoms with E-state index < -0.39 is 17.5 Å². The Balaban J connectivity index is 2.00. The van der Waals surface area contributed by atoms with Crippen LogP contribution in [0.5, 0.6) is 0 Å². The molecule has 2 amide bonds. The van der Waals surface area contributed by atoms with Crippen LogP contribution in [-0.4, -0.2) is 32.4 Å². The zero-order valence-electron chi connectivity index (χ0n) is 12.4. The first kappa shape index (κ1) is 15.3. The zero-order valence-corrected chi connectivity index (χ0v) is 12.4. The van der Waals surface area contributed by atoms with Crippen molar-refractivity contribution in [1.82, 2.24) is 15.1 Å². The predicted octanol–water partition coefficient (Wildman–Crippen LogP) is 1.97. The van der Waals surface area contributed by atoms with Crippen LogP contribution in [0, 0.1) is 5.92 Å². The van der Waals surface area contributed by atoms with Gasteiger partial charge in [0.2, 0.25) is 0 Å². The monoisotopic (exact) mass is 294 g/mol. The Bertz CT molecular complexity index is 518. The van der Waals surface area contributed by atoms with Crippen LogP contribution in [-0.2, 0) is 11.8 Å². The maximum absolute atomic E-state index is 12.0. The minimum Gasteiger partial charge on any atom is -0.480 e. The summed E-state index contributed by atoms with van der Waals surface area (Å²) in [5.41, 5.74) is -1.16. The fourth-order valence-electron chi connectivity index (χ4n) is 2.82. The van der Waals surface area contributed by atoms with Crippen molar-refractivity contribution in [2.24, 2.45) is 13.0 Å². The molecule has 0 spiro atoms. The van der Waals surface area contributed by atoms with Crippen LogP contribution in [0.15, 0.2) is 12.3 Å². The normalized spacial score (nSPS) is 25.3. The second-order valence-corrected chi connectivity index (χ2v) is 5.69. The Hall–Kier alpha value is -2.05. The van der Waals surface area contributed by atoms with Gasteiger partial charge in [-0.15, -0.1) is 0 Å². The fraction of sp³-hybridized carbons (Fsp3) is 0.643. The largest absolute Gasteiger partial charge is 0.480 e. The number of nitrogens with one attached hydrogen (secondary N) is 2. The number of aromatic nitrogens is 2. The molecule has 1 aliphatic rings. The van der Waals surface area contributed by atoms with Gasteiger partial charge in [-0.1, -0.05) is 13.3 Å². The summed E-state index contributed by atoms with van der Waals surface area (Å²) in [6.07, 6.45) is 5.34. The molecular formula is C14H22N4O3. The number of urea groups is 1. The Morgan fingerprint density at radius 2 is 2.14 bits per heavy atom. The Morgan fingerprint density at radius 3 is 2.62 bits per heavy atom. The third-order valence-corrected chi connectivity index (χ3v) is 4.25. The molecule has 21 heavy (non-hydrogen) atoms. The number of anilines is 1. The van der Waals surface area contributed by atoms with Gasteiger partial charge in [0.1, 0.15) is 5.54 Å². The van der Waals surface area contributed by atoms with E-state index >= 15 is 0 Å². The molecule has 1 heterocycles. The van der Waals surface area contributed by atoms with Gasteiger partial charge in [0.25, 0.3) is 0 Å². The smallest absolute Gasteiger partial charge is 0.329 e. The molecule has 0 atom stereocenters. The number of hydrogen-bond acceptors (Lipinski definition) is 3. The summed E-state index contributed by atoms with van der Waals surface area (Å²) in [7, 11) is 1.74. The summed E-state index contributed by atoms with van der Waals surface area (Å²) in [6, 6.07) is 1.13. The van der Waals surface area contributed by atoms with E-state index in [9.17, 15) is 14.7 Å². The molecule has 1 saturated carbocycles. The maximum Gasteiger partial charge on any atom is 0.329 e. The minimum atomic E-state index is -1.16. The summed E-state index contributed by atoms with van der Waals surface area (Å²) in [5.74, 6) is -0.0101. The zero-order chi connectivity index (χ0) is 15.5. The van der Waals surface area contributed by atoms with Crippen LogP contribution < -0.4 is 10.6 Å². The molecule has 0 unspecified atom stereocenters. The molecule has 0 saturated heterocycles. The highest BCUT2D eigenvalue weighted by Crippen LogP contribution is 2.34. The summed E-state index contributed by atoms with van der Waals surface area (Å²) in [5, 5.41) is 18.7. The molecule has 1 aromatic rings. The molecular weight excluding hydrogens is 272 g/mol. The number of carboxylic acids is 1. The second-order valence-electron chi connectivity index (χ2n) is 5.69. The molecule has 1 aliphatic carbocycles. The minimum absolute atomic E-state index is 0.401. The van der Waals surface area contributed by atoms with Gasteiger partial charge in [-0.3, -0.25) is 10.00 Å². The van der Waals surface area contributed by atoms with Crippen molar-refractivity contribution < 1.29 is 14.7 Å². The van der Waals surface area contributed by atoms with Crippen LogP contribution in [0.1, 0.15) is 39.0 Å². The predicted molar refractivity (Wildman–Crippen MR) is 78.0 cm³/mol. The van der Waals surface area contributed by atoms with Gasteiger partial charge < -0.3 is 10.4 Å². The highest BCUT2D eigenvalue weighted by Gasteiger charge is 2.43. The summed E-state index contributed by atoms with van der Waals surface area (Å²) >= 11 is 0. The molecule has 2 rings (SSSR count). The molecule has 0 radical (unpaired) electrons. The lowest BCUT2D eigenvalue weighted by atomic mass is 9.75. The van der Waals surface area contributed by atoms with Gasteiger partial charge in [-0.05, 0) is 31.6 Å². The van der Waals surface area contributed by atoms with Gasteiger partial charge in [-0.2, -0.15) is 5.10 Å². The van der Waals surface area contributed by atoms with Gasteiger partial charge in [-0.25, -0.2) is 9.59 Å². The first-order chi connectivity index (χ1) is 9.95. The van der Waals surface area contributed by atoms with Crippen LogP contribution >= 0.6 is 0 Å². The molecule has 7 heteroatoms. The first-order valence-electron chi connectivity index (χ1n) is 7.27. The number of hydrogen-bond donors (Lipinski definition) is 3. The summed E-state index contributed by atoms with van der Waals surface area (Å²) in [6.45, 7) is 2.11. The van der Waals surface area contributed by atoms with Crippen molar-refractivity contribution in [1.29, 1.82) is 0 Å². The van der Waals surface area contributed by atoms with Crippen LogP contribution in [0.4, 0.5) is 10.6 Å². The number of aryl methyl sites for hydroxylation is 1. The van der Waals surface area contributed by atoms with E-state index in [-0.39, 0.29) is 0 Å². The topological polar surface area (TPSA) is 96.3 Å². The van der Waals surface area contributed by atoms with E-state index in [1.54, 1.807) is 24.0 Å². The molecule has 3 N–H and O–H groups in total. The maximum atomic E-state index is 12.0. The highest BCUT2D eigenvalue weighted by atomic mass is 16.4. The van der Waals surface area contributed by atoms with E-state index in [1.165, 1.54) is 0 Å². The van der Waals surface area contributed by atoms with Crippen molar-refractivity contribution in [2.75, 3.05) is 5.32 Å². The molecule has 0 aliphatic heterocycles. The quantitative estimate of drug-likeness (QED) is 0.791. The Morgan fingerprint density at radius 1 is 1.48 bits per heavy atom. The SMILES string of the molecule is CCC1CCC(NC(=O)Nc2ccn(C)n2)(C(=O)O)CC1. The number of amides is 2. The summed E-state index contributed by atoms with van der Waals surface area (Å²) in [4.78, 5) is 23.6. The van der Waals surface area contributed by atoms with Crippen molar-refractivity contribution in [2.45, 2.75) is 44.6 Å². The lowest BCUT2D eigenvalue weighted by Gasteiger charge is -2.37. The van der Waals surface area contributed by atoms with Crippen LogP contribution in [0.25, 0.3) is 0 Å². The number of carbonyl (C=O) groups excluding carboxylic acids is 1. The number of rotatable bonds is 4. The van der Waals surface area contributed by atoms with Crippen molar-refractivity contribution >= 4 is 17.8 Å². The lowest BCUT2D eigenvalue weighted by Crippen LogP contribution is -2.57. The van der Waals surface area contributed by atoms with Crippen LogP contribution in [0.2, 0.25) is 0 Å². The number of aliphatic carboxylic acids is 1. The summed E-state index contributed by atoms with van der Waals surface area (Å²) < 4.78 is 1.56. The second kappa shape index (κ2) is 6.15. The molecule has 1 fully saturated rings. The van der Waals surface area contributed by atoms with Crippen LogP contribution in [0.3, 0.4) is 0 Å². The fourth-order valence-corrected chi connectivity index (χ4v) is 2.82. The standard InChI is InChI=1S/C14H22N4O3/c1-3-10-4-7-14(8-5-10,12(19)20)16-13(21)15-11-6-9-18(2)17-11/h6,9-10H,3-5,7-8H2,1-2H3,(H,19,20)(H2,15,16,17,21). The Kier molecular flexibility index (Phi) is 4.50. The molecule has 0 bridgehead atoms. The van der Waals surface area contributed by atoms with Gasteiger partial charge in [0.15, 0.2) is 5.82 Å². The third kappa shape index (κ3) is 3.53. The van der Waals surface area contributed by atoms with E-state index in [1.807, 2.05) is 0 Å². The third-order valence-electron chi connectivity index (χ3n) is 4.25. The van der Waals surface area contributed by atoms with Crippen molar-refractivity contribution in [3.63, 3.8) is 0 Å². The number of nitrogens with zero attached hydrogens (tertiary/aromatic N) is 2. The van der Waals surface area contributed by atoms with E-state index in [0.29, 0.717) is 24.6 Å². The van der Waals surface area contributed by atoms with Crippen molar-refractivity contribution in [3.05, 3.63) is 12.3 Å². The van der Waals surface area contributed by atoms with E-state index in [2.05, 4.69) is 22.7 Å². The molecule has 7 nitrogen and oxygen atoms in total. The van der Waals surface area contributed by atoms with Gasteiger partial charge in [0.05, 0.1) is 0 Å². The van der Waals surface area contributed by atoms with Crippen molar-refractivity contribution in [3.8, 4) is 0 Å². The molecule has 116 valence electrons. The molecule has 1 aromatic heterocycles. The number of carbonyl (C=O) groups is 2. The van der Waals surface area contributed by atoms with Gasteiger partial charge in [0, 0.05) is 19.3 Å². The van der Waals surface area contributed by atoms with E-state index in [0.717, 1.165) is 19.3 Å². The first-order valence-corrected chi connectivity index (χ1v) is 7.27. The Labute approximate surface area is 123 Å². The average molecular weight is 294 g/mol. The van der Waals surface area contributed by atoms with E-state index in [4.69, 9.17) is 0 Å². The molecule has 0 aromatic carbocycles.